The molecular weight excluding hydrogens is 302 g/mol. The first-order chi connectivity index (χ1) is 11.7. The summed E-state index contributed by atoms with van der Waals surface area (Å²) in [5.74, 6) is 0.988. The lowest BCUT2D eigenvalue weighted by Crippen LogP contribution is -2.33. The molecule has 0 atom stereocenters. The number of likely N-dealkylation sites (tertiary alicyclic amines) is 1. The molecule has 3 heterocycles. The van der Waals surface area contributed by atoms with Crippen LogP contribution in [0.1, 0.15) is 54.2 Å². The fraction of sp³-hybridized carbons (Fsp3) is 0.526. The molecule has 24 heavy (non-hydrogen) atoms. The van der Waals surface area contributed by atoms with Gasteiger partial charge in [0.2, 0.25) is 5.78 Å². The zero-order chi connectivity index (χ0) is 16.8. The van der Waals surface area contributed by atoms with E-state index in [1.807, 2.05) is 13.0 Å². The molecular formula is C19H25N3O2. The summed E-state index contributed by atoms with van der Waals surface area (Å²) in [6.07, 6.45) is 7.96. The molecule has 0 aromatic carbocycles. The summed E-state index contributed by atoms with van der Waals surface area (Å²) in [4.78, 5) is 22.8. The number of carbonyl (C=O) groups excluding carboxylic acids is 1. The Morgan fingerprint density at radius 3 is 2.88 bits per heavy atom. The van der Waals surface area contributed by atoms with Crippen LogP contribution in [0, 0.1) is 12.8 Å². The third-order valence-corrected chi connectivity index (χ3v) is 4.73. The van der Waals surface area contributed by atoms with Crippen LogP contribution in [0.3, 0.4) is 0 Å². The Hall–Kier alpha value is -2.01. The molecule has 1 saturated heterocycles. The zero-order valence-electron chi connectivity index (χ0n) is 14.3. The number of piperidine rings is 1. The number of ketones is 1. The van der Waals surface area contributed by atoms with Crippen LogP contribution in [0.15, 0.2) is 35.1 Å². The molecule has 2 aromatic rings. The van der Waals surface area contributed by atoms with E-state index in [-0.39, 0.29) is 11.7 Å². The van der Waals surface area contributed by atoms with Crippen LogP contribution in [0.25, 0.3) is 0 Å². The van der Waals surface area contributed by atoms with Crippen molar-refractivity contribution in [3.8, 4) is 0 Å². The number of aromatic nitrogens is 2. The second kappa shape index (κ2) is 8.20. The number of pyridine rings is 1. The van der Waals surface area contributed by atoms with Crippen LogP contribution in [0.5, 0.6) is 0 Å². The Labute approximate surface area is 143 Å². The van der Waals surface area contributed by atoms with Gasteiger partial charge >= 0.3 is 0 Å². The summed E-state index contributed by atoms with van der Waals surface area (Å²) in [6.45, 7) is 5.22. The molecule has 0 aliphatic carbocycles. The van der Waals surface area contributed by atoms with Crippen molar-refractivity contribution in [3.05, 3.63) is 47.9 Å². The number of Topliss-reactive ketones (excluding diaryl/α,β-unsaturated/α-hetero) is 1. The molecule has 0 saturated carbocycles. The van der Waals surface area contributed by atoms with Crippen molar-refractivity contribution in [1.29, 1.82) is 0 Å². The van der Waals surface area contributed by atoms with E-state index in [1.165, 1.54) is 25.3 Å². The van der Waals surface area contributed by atoms with Gasteiger partial charge < -0.3 is 4.42 Å². The smallest absolute Gasteiger partial charge is 0.263 e. The lowest BCUT2D eigenvalue weighted by Gasteiger charge is -2.31. The number of hydrogen-bond acceptors (Lipinski definition) is 5. The van der Waals surface area contributed by atoms with Crippen molar-refractivity contribution >= 4 is 5.78 Å². The largest absolute Gasteiger partial charge is 0.442 e. The van der Waals surface area contributed by atoms with Gasteiger partial charge in [0, 0.05) is 18.7 Å². The average Bonchev–Trinajstić information content (AvgIpc) is 3.11. The van der Waals surface area contributed by atoms with E-state index in [0.29, 0.717) is 6.42 Å². The lowest BCUT2D eigenvalue weighted by atomic mass is 9.91. The summed E-state index contributed by atoms with van der Waals surface area (Å²) in [7, 11) is 0. The number of hydrogen-bond donors (Lipinski definition) is 0. The Morgan fingerprint density at radius 1 is 1.33 bits per heavy atom. The third kappa shape index (κ3) is 4.74. The third-order valence-electron chi connectivity index (χ3n) is 4.73. The predicted molar refractivity (Wildman–Crippen MR) is 91.7 cm³/mol. The van der Waals surface area contributed by atoms with Gasteiger partial charge in [0.25, 0.3) is 5.89 Å². The van der Waals surface area contributed by atoms with Crippen LogP contribution in [-0.4, -0.2) is 33.7 Å². The molecule has 0 amide bonds. The van der Waals surface area contributed by atoms with Crippen LogP contribution in [0.4, 0.5) is 0 Å². The van der Waals surface area contributed by atoms with E-state index >= 15 is 0 Å². The number of nitrogens with zero attached hydrogens (tertiary/aromatic N) is 3. The maximum absolute atomic E-state index is 11.9. The standard InChI is InChI=1S/C19H25N3O2/c1-15-4-2-6-17(21-15)14-22-11-8-16(9-12-22)5-3-7-18(23)19-20-10-13-24-19/h2,4,6,10,13,16H,3,5,7-9,11-12,14H2,1H3. The highest BCUT2D eigenvalue weighted by atomic mass is 16.3. The molecule has 128 valence electrons. The molecule has 0 unspecified atom stereocenters. The molecule has 5 heteroatoms. The summed E-state index contributed by atoms with van der Waals surface area (Å²) < 4.78 is 5.04. The van der Waals surface area contributed by atoms with E-state index in [1.54, 1.807) is 0 Å². The Kier molecular flexibility index (Phi) is 5.75. The number of aryl methyl sites for hydroxylation is 1. The molecule has 5 nitrogen and oxygen atoms in total. The Bertz CT molecular complexity index is 646. The summed E-state index contributed by atoms with van der Waals surface area (Å²) in [5.41, 5.74) is 2.24. The van der Waals surface area contributed by atoms with Crippen LogP contribution in [0.2, 0.25) is 0 Å². The first kappa shape index (κ1) is 16.8. The molecule has 0 spiro atoms. The van der Waals surface area contributed by atoms with E-state index in [2.05, 4.69) is 27.0 Å². The fourth-order valence-corrected chi connectivity index (χ4v) is 3.37. The topological polar surface area (TPSA) is 59.2 Å². The van der Waals surface area contributed by atoms with Crippen LogP contribution < -0.4 is 0 Å². The zero-order valence-corrected chi connectivity index (χ0v) is 14.3. The molecule has 0 bridgehead atoms. The summed E-state index contributed by atoms with van der Waals surface area (Å²) in [6, 6.07) is 6.22. The van der Waals surface area contributed by atoms with Gasteiger partial charge in [-0.05, 0) is 63.7 Å². The number of carbonyl (C=O) groups is 1. The Balaban J connectivity index is 1.35. The molecule has 2 aromatic heterocycles. The molecule has 1 aliphatic heterocycles. The second-order valence-electron chi connectivity index (χ2n) is 6.64. The first-order valence-electron chi connectivity index (χ1n) is 8.78. The van der Waals surface area contributed by atoms with Crippen molar-refractivity contribution in [2.75, 3.05) is 13.1 Å². The predicted octanol–water partition coefficient (Wildman–Crippen LogP) is 3.64. The highest BCUT2D eigenvalue weighted by Gasteiger charge is 2.20. The molecule has 0 radical (unpaired) electrons. The van der Waals surface area contributed by atoms with Crippen molar-refractivity contribution < 1.29 is 9.21 Å². The first-order valence-corrected chi connectivity index (χ1v) is 8.78. The van der Waals surface area contributed by atoms with Crippen LogP contribution >= 0.6 is 0 Å². The fourth-order valence-electron chi connectivity index (χ4n) is 3.37. The van der Waals surface area contributed by atoms with Crippen molar-refractivity contribution in [2.24, 2.45) is 5.92 Å². The number of rotatable bonds is 7. The maximum atomic E-state index is 11.9. The SMILES string of the molecule is Cc1cccc(CN2CCC(CCCC(=O)c3ncco3)CC2)n1. The lowest BCUT2D eigenvalue weighted by molar-refractivity contribution is 0.0940. The minimum absolute atomic E-state index is 0.0166. The van der Waals surface area contributed by atoms with E-state index in [4.69, 9.17) is 4.42 Å². The van der Waals surface area contributed by atoms with Gasteiger partial charge in [0.15, 0.2) is 0 Å². The monoisotopic (exact) mass is 327 g/mol. The molecule has 0 N–H and O–H groups in total. The van der Waals surface area contributed by atoms with Gasteiger partial charge in [0.1, 0.15) is 6.26 Å². The second-order valence-corrected chi connectivity index (χ2v) is 6.64. The van der Waals surface area contributed by atoms with Gasteiger partial charge in [-0.15, -0.1) is 0 Å². The maximum Gasteiger partial charge on any atom is 0.263 e. The van der Waals surface area contributed by atoms with Gasteiger partial charge in [-0.25, -0.2) is 4.98 Å². The van der Waals surface area contributed by atoms with Crippen molar-refractivity contribution in [2.45, 2.75) is 45.6 Å². The molecule has 3 rings (SSSR count). The van der Waals surface area contributed by atoms with Gasteiger partial charge in [-0.2, -0.15) is 0 Å². The summed E-state index contributed by atoms with van der Waals surface area (Å²) >= 11 is 0. The highest BCUT2D eigenvalue weighted by molar-refractivity contribution is 5.91. The van der Waals surface area contributed by atoms with E-state index in [9.17, 15) is 4.79 Å². The van der Waals surface area contributed by atoms with Crippen molar-refractivity contribution in [3.63, 3.8) is 0 Å². The molecule has 1 fully saturated rings. The summed E-state index contributed by atoms with van der Waals surface area (Å²) in [5, 5.41) is 0. The van der Waals surface area contributed by atoms with Crippen molar-refractivity contribution in [1.82, 2.24) is 14.9 Å². The van der Waals surface area contributed by atoms with Gasteiger partial charge in [-0.3, -0.25) is 14.7 Å². The van der Waals surface area contributed by atoms with E-state index < -0.39 is 0 Å². The minimum Gasteiger partial charge on any atom is -0.442 e. The normalized spacial score (nSPS) is 16.4. The minimum atomic E-state index is 0.0166. The average molecular weight is 327 g/mol. The Morgan fingerprint density at radius 2 is 2.17 bits per heavy atom. The number of oxazole rings is 1. The van der Waals surface area contributed by atoms with Gasteiger partial charge in [-0.1, -0.05) is 6.07 Å². The van der Waals surface area contributed by atoms with Crippen LogP contribution in [-0.2, 0) is 6.54 Å². The van der Waals surface area contributed by atoms with E-state index in [0.717, 1.165) is 49.8 Å². The highest BCUT2D eigenvalue weighted by Crippen LogP contribution is 2.24. The quantitative estimate of drug-likeness (QED) is 0.727. The molecule has 1 aliphatic rings. The van der Waals surface area contributed by atoms with Gasteiger partial charge in [0.05, 0.1) is 11.9 Å².